The van der Waals surface area contributed by atoms with Crippen LogP contribution < -0.4 is 5.46 Å². The molecule has 2 aliphatic carbocycles. The van der Waals surface area contributed by atoms with Crippen molar-refractivity contribution in [3.05, 3.63) is 192 Å². The van der Waals surface area contributed by atoms with Crippen molar-refractivity contribution in [3.8, 4) is 33.4 Å². The SMILES string of the molecule is Bc1cc(C2=CCCC=C2)cc(-c2ccc3c(c2)-c2ccccc2C3(c2ccccc2)c2ccccc2)c1-c1ccccc1. The number of benzene rings is 6. The van der Waals surface area contributed by atoms with Gasteiger partial charge < -0.3 is 0 Å². The predicted octanol–water partition coefficient (Wildman–Crippen LogP) is 9.38. The molecule has 0 bridgehead atoms. The fraction of sp³-hybridized carbons (Fsp3) is 0.0698. The Morgan fingerprint density at radius 1 is 0.477 bits per heavy atom. The molecule has 0 spiro atoms. The fourth-order valence-electron chi connectivity index (χ4n) is 7.61. The molecule has 0 radical (unpaired) electrons. The highest BCUT2D eigenvalue weighted by Crippen LogP contribution is 2.56. The molecule has 0 amide bonds. The smallest absolute Gasteiger partial charge is 0.0836 e. The Bertz CT molecular complexity index is 2010. The molecule has 6 aromatic carbocycles. The van der Waals surface area contributed by atoms with Crippen LogP contribution in [0.4, 0.5) is 0 Å². The first-order valence-electron chi connectivity index (χ1n) is 15.7. The van der Waals surface area contributed by atoms with Gasteiger partial charge in [-0.3, -0.25) is 0 Å². The molecule has 6 aromatic rings. The first-order chi connectivity index (χ1) is 21.7. The van der Waals surface area contributed by atoms with E-state index in [4.69, 9.17) is 0 Å². The summed E-state index contributed by atoms with van der Waals surface area (Å²) in [5, 5.41) is 0. The van der Waals surface area contributed by atoms with Crippen molar-refractivity contribution in [3.63, 3.8) is 0 Å². The summed E-state index contributed by atoms with van der Waals surface area (Å²) in [5.74, 6) is 0. The Labute approximate surface area is 261 Å². The highest BCUT2D eigenvalue weighted by atomic mass is 14.5. The number of rotatable bonds is 5. The van der Waals surface area contributed by atoms with Crippen LogP contribution in [0.15, 0.2) is 164 Å². The quantitative estimate of drug-likeness (QED) is 0.184. The zero-order valence-corrected chi connectivity index (χ0v) is 25.0. The predicted molar refractivity (Wildman–Crippen MR) is 189 cm³/mol. The maximum Gasteiger partial charge on any atom is 0.140 e. The third-order valence-corrected chi connectivity index (χ3v) is 9.50. The van der Waals surface area contributed by atoms with Crippen LogP contribution in [0.3, 0.4) is 0 Å². The lowest BCUT2D eigenvalue weighted by Gasteiger charge is -2.34. The molecule has 44 heavy (non-hydrogen) atoms. The van der Waals surface area contributed by atoms with Gasteiger partial charge in [0, 0.05) is 0 Å². The lowest BCUT2D eigenvalue weighted by Crippen LogP contribution is -2.28. The second kappa shape index (κ2) is 10.9. The van der Waals surface area contributed by atoms with Crippen LogP contribution in [0.25, 0.3) is 39.0 Å². The van der Waals surface area contributed by atoms with E-state index < -0.39 is 0 Å². The van der Waals surface area contributed by atoms with Gasteiger partial charge in [0.25, 0.3) is 0 Å². The Kier molecular flexibility index (Phi) is 6.53. The van der Waals surface area contributed by atoms with E-state index in [0.29, 0.717) is 0 Å². The Balaban J connectivity index is 1.41. The molecule has 208 valence electrons. The van der Waals surface area contributed by atoms with Crippen LogP contribution in [0, 0.1) is 0 Å². The van der Waals surface area contributed by atoms with Crippen molar-refractivity contribution >= 4 is 18.9 Å². The largest absolute Gasteiger partial charge is 0.140 e. The summed E-state index contributed by atoms with van der Waals surface area (Å²) in [7, 11) is 2.26. The minimum Gasteiger partial charge on any atom is -0.0836 e. The van der Waals surface area contributed by atoms with Crippen LogP contribution in [-0.2, 0) is 5.41 Å². The van der Waals surface area contributed by atoms with Crippen LogP contribution in [0.1, 0.15) is 40.7 Å². The van der Waals surface area contributed by atoms with Crippen molar-refractivity contribution in [2.24, 2.45) is 0 Å². The molecule has 0 saturated heterocycles. The summed E-state index contributed by atoms with van der Waals surface area (Å²) in [5.41, 5.74) is 16.5. The average Bonchev–Trinajstić information content (AvgIpc) is 3.40. The lowest BCUT2D eigenvalue weighted by atomic mass is 9.67. The zero-order valence-electron chi connectivity index (χ0n) is 25.0. The van der Waals surface area contributed by atoms with Gasteiger partial charge in [-0.15, -0.1) is 0 Å². The van der Waals surface area contributed by atoms with E-state index in [1.54, 1.807) is 0 Å². The molecule has 0 saturated carbocycles. The molecule has 0 N–H and O–H groups in total. The van der Waals surface area contributed by atoms with E-state index in [-0.39, 0.29) is 5.41 Å². The summed E-state index contributed by atoms with van der Waals surface area (Å²) < 4.78 is 0. The molecular weight excluding hydrogens is 527 g/mol. The van der Waals surface area contributed by atoms with Gasteiger partial charge in [-0.05, 0) is 91.7 Å². The lowest BCUT2D eigenvalue weighted by molar-refractivity contribution is 0.768. The van der Waals surface area contributed by atoms with Crippen LogP contribution in [0.2, 0.25) is 0 Å². The van der Waals surface area contributed by atoms with Gasteiger partial charge in [0.15, 0.2) is 0 Å². The number of allylic oxidation sites excluding steroid dienone is 4. The van der Waals surface area contributed by atoms with Gasteiger partial charge in [0.05, 0.1) is 5.41 Å². The maximum atomic E-state index is 2.46. The molecule has 0 fully saturated rings. The third-order valence-electron chi connectivity index (χ3n) is 9.50. The molecule has 0 nitrogen and oxygen atoms in total. The van der Waals surface area contributed by atoms with Gasteiger partial charge in [0.1, 0.15) is 7.85 Å². The van der Waals surface area contributed by atoms with Crippen LogP contribution in [0.5, 0.6) is 0 Å². The normalized spacial score (nSPS) is 14.5. The summed E-state index contributed by atoms with van der Waals surface area (Å²) in [6.45, 7) is 0. The van der Waals surface area contributed by atoms with Crippen molar-refractivity contribution in [2.45, 2.75) is 18.3 Å². The molecule has 8 rings (SSSR count). The second-order valence-corrected chi connectivity index (χ2v) is 12.0. The van der Waals surface area contributed by atoms with Crippen LogP contribution in [-0.4, -0.2) is 7.85 Å². The van der Waals surface area contributed by atoms with Gasteiger partial charge in [0.2, 0.25) is 0 Å². The Morgan fingerprint density at radius 3 is 1.77 bits per heavy atom. The maximum absolute atomic E-state index is 2.46. The first kappa shape index (κ1) is 26.5. The topological polar surface area (TPSA) is 0 Å². The third kappa shape index (κ3) is 4.15. The van der Waals surface area contributed by atoms with E-state index in [1.807, 2.05) is 0 Å². The zero-order chi connectivity index (χ0) is 29.5. The van der Waals surface area contributed by atoms with E-state index in [9.17, 15) is 0 Å². The summed E-state index contributed by atoms with van der Waals surface area (Å²) in [6, 6.07) is 54.0. The monoisotopic (exact) mass is 560 g/mol. The van der Waals surface area contributed by atoms with E-state index in [1.165, 1.54) is 72.2 Å². The molecule has 0 unspecified atom stereocenters. The van der Waals surface area contributed by atoms with Crippen molar-refractivity contribution in [2.75, 3.05) is 0 Å². The summed E-state index contributed by atoms with van der Waals surface area (Å²) >= 11 is 0. The van der Waals surface area contributed by atoms with Gasteiger partial charge in [-0.25, -0.2) is 0 Å². The van der Waals surface area contributed by atoms with Gasteiger partial charge >= 0.3 is 0 Å². The highest BCUT2D eigenvalue weighted by molar-refractivity contribution is 6.37. The highest BCUT2D eigenvalue weighted by Gasteiger charge is 2.45. The average molecular weight is 561 g/mol. The number of fused-ring (bicyclic) bond motifs is 3. The minimum absolute atomic E-state index is 0.384. The molecule has 0 atom stereocenters. The van der Waals surface area contributed by atoms with Gasteiger partial charge in [-0.1, -0.05) is 157 Å². The second-order valence-electron chi connectivity index (χ2n) is 12.0. The Morgan fingerprint density at radius 2 is 1.09 bits per heavy atom. The minimum atomic E-state index is -0.384. The van der Waals surface area contributed by atoms with E-state index in [0.717, 1.165) is 12.8 Å². The molecule has 2 aliphatic rings. The number of hydrogen-bond acceptors (Lipinski definition) is 0. The molecule has 0 aromatic heterocycles. The van der Waals surface area contributed by atoms with Crippen molar-refractivity contribution in [1.82, 2.24) is 0 Å². The van der Waals surface area contributed by atoms with Gasteiger partial charge in [-0.2, -0.15) is 0 Å². The van der Waals surface area contributed by atoms with Crippen LogP contribution >= 0.6 is 0 Å². The van der Waals surface area contributed by atoms with Crippen molar-refractivity contribution in [1.29, 1.82) is 0 Å². The summed E-state index contributed by atoms with van der Waals surface area (Å²) in [6.07, 6.45) is 9.18. The first-order valence-corrected chi connectivity index (χ1v) is 15.7. The molecular formula is C43H33B. The molecule has 1 heteroatoms. The van der Waals surface area contributed by atoms with Crippen molar-refractivity contribution < 1.29 is 0 Å². The van der Waals surface area contributed by atoms with E-state index in [2.05, 4.69) is 172 Å². The Hall–Kier alpha value is -5.14. The molecule has 0 heterocycles. The molecule has 0 aliphatic heterocycles. The fourth-order valence-corrected chi connectivity index (χ4v) is 7.61. The number of hydrogen-bond donors (Lipinski definition) is 0. The standard InChI is InChI=1S/C43H33B/c44-41-29-33(30-15-5-1-6-16-30)28-37(42(41)31-17-7-2-8-18-31)32-25-26-40-38(27-32)36-23-13-14-24-39(36)43(40,34-19-9-3-10-20-34)35-21-11-4-12-22-35/h2-5,7-29H,1,6,44H2. The van der Waals surface area contributed by atoms with E-state index >= 15 is 0 Å². The summed E-state index contributed by atoms with van der Waals surface area (Å²) in [4.78, 5) is 0.